The van der Waals surface area contributed by atoms with Crippen LogP contribution in [0.4, 0.5) is 13.2 Å². The number of aromatic amines is 1. The molecule has 2 N–H and O–H groups in total. The van der Waals surface area contributed by atoms with Crippen LogP contribution in [0.3, 0.4) is 0 Å². The van der Waals surface area contributed by atoms with Crippen LogP contribution in [0.2, 0.25) is 5.02 Å². The van der Waals surface area contributed by atoms with E-state index in [1.165, 1.54) is 0 Å². The van der Waals surface area contributed by atoms with E-state index >= 15 is 0 Å². The second kappa shape index (κ2) is 11.7. The van der Waals surface area contributed by atoms with E-state index in [4.69, 9.17) is 21.1 Å². The fourth-order valence-electron chi connectivity index (χ4n) is 3.81. The van der Waals surface area contributed by atoms with Gasteiger partial charge in [-0.25, -0.2) is 9.78 Å². The smallest absolute Gasteiger partial charge is 0.379 e. The molecule has 0 aliphatic carbocycles. The van der Waals surface area contributed by atoms with Crippen LogP contribution >= 0.6 is 11.6 Å². The first-order valence-corrected chi connectivity index (χ1v) is 11.4. The summed E-state index contributed by atoms with van der Waals surface area (Å²) in [7, 11) is 0. The average Bonchev–Trinajstić information content (AvgIpc) is 2.82. The van der Waals surface area contributed by atoms with Gasteiger partial charge in [-0.1, -0.05) is 18.5 Å². The summed E-state index contributed by atoms with van der Waals surface area (Å²) in [6, 6.07) is 3.70. The number of fused-ring (bicyclic) bond motifs is 2. The molecule has 0 amide bonds. The normalized spacial score (nSPS) is 14.7. The minimum atomic E-state index is -4.64. The molecule has 0 aromatic heterocycles. The molecule has 1 aromatic rings. The number of rotatable bonds is 6. The number of nitrogens with zero attached hydrogens (tertiary/aromatic N) is 3. The Morgan fingerprint density at radius 3 is 2.54 bits per heavy atom. The van der Waals surface area contributed by atoms with Crippen molar-refractivity contribution in [2.45, 2.75) is 38.9 Å². The summed E-state index contributed by atoms with van der Waals surface area (Å²) in [5.41, 5.74) is 1.22. The Kier molecular flexibility index (Phi) is 8.98. The predicted molar refractivity (Wildman–Crippen MR) is 124 cm³/mol. The maximum absolute atomic E-state index is 12.3. The monoisotopic (exact) mass is 515 g/mol. The minimum Gasteiger partial charge on any atom is -0.379 e. The highest BCUT2D eigenvalue weighted by Crippen LogP contribution is 2.27. The molecule has 13 heteroatoms. The van der Waals surface area contributed by atoms with Crippen molar-refractivity contribution >= 4 is 28.9 Å². The summed E-state index contributed by atoms with van der Waals surface area (Å²) in [5, 5.41) is 3.95. The van der Waals surface area contributed by atoms with Gasteiger partial charge in [0.25, 0.3) is 5.56 Å². The van der Waals surface area contributed by atoms with Gasteiger partial charge in [0.1, 0.15) is 0 Å². The number of benzene rings is 1. The molecule has 3 heterocycles. The molecule has 0 radical (unpaired) electrons. The molecule has 3 aliphatic heterocycles. The second-order valence-electron chi connectivity index (χ2n) is 8.02. The first-order chi connectivity index (χ1) is 16.6. The molecule has 0 spiro atoms. The Balaban J connectivity index is 0.000000509. The predicted octanol–water partition coefficient (Wildman–Crippen LogP) is 2.56. The number of aryl methyl sites for hydroxylation is 1. The van der Waals surface area contributed by atoms with Gasteiger partial charge in [-0.15, -0.1) is 0 Å². The topological polar surface area (TPSA) is 119 Å². The fourth-order valence-corrected chi connectivity index (χ4v) is 4.10. The van der Waals surface area contributed by atoms with E-state index in [0.717, 1.165) is 43.4 Å². The summed E-state index contributed by atoms with van der Waals surface area (Å²) in [5.74, 6) is 0.827. The highest BCUT2D eigenvalue weighted by atomic mass is 35.5. The first kappa shape index (κ1) is 26.8. The van der Waals surface area contributed by atoms with Gasteiger partial charge in [-0.3, -0.25) is 14.6 Å². The van der Waals surface area contributed by atoms with Gasteiger partial charge in [-0.2, -0.15) is 18.2 Å². The van der Waals surface area contributed by atoms with E-state index in [0.29, 0.717) is 36.2 Å². The molecule has 4 rings (SSSR count). The lowest BCUT2D eigenvalue weighted by Crippen LogP contribution is -2.31. The van der Waals surface area contributed by atoms with E-state index in [9.17, 15) is 22.8 Å². The SMILES string of the molecule is CCc1cc2c(cc1Cl)nc1c(=O)[nH]c(=O)nc-1n2CCOCC1CCNCC1.O=CC(F)(F)F. The molecule has 3 aliphatic rings. The van der Waals surface area contributed by atoms with Crippen molar-refractivity contribution in [3.05, 3.63) is 43.6 Å². The van der Waals surface area contributed by atoms with Crippen LogP contribution in [0.25, 0.3) is 22.6 Å². The lowest BCUT2D eigenvalue weighted by Gasteiger charge is -2.23. The van der Waals surface area contributed by atoms with Crippen LogP contribution in [0.5, 0.6) is 0 Å². The van der Waals surface area contributed by atoms with Crippen LogP contribution in [0, 0.1) is 5.92 Å². The molecule has 35 heavy (non-hydrogen) atoms. The maximum atomic E-state index is 12.3. The Bertz CT molecular complexity index is 1250. The highest BCUT2D eigenvalue weighted by molar-refractivity contribution is 6.32. The number of halogens is 4. The molecule has 1 saturated heterocycles. The van der Waals surface area contributed by atoms with Crippen molar-refractivity contribution in [3.63, 3.8) is 0 Å². The summed E-state index contributed by atoms with van der Waals surface area (Å²) in [4.78, 5) is 43.5. The fraction of sp³-hybridized carbons (Fsp3) is 0.500. The largest absolute Gasteiger partial charge is 0.446 e. The molecule has 9 nitrogen and oxygen atoms in total. The van der Waals surface area contributed by atoms with Gasteiger partial charge in [0.15, 0.2) is 11.5 Å². The van der Waals surface area contributed by atoms with Gasteiger partial charge < -0.3 is 14.6 Å². The van der Waals surface area contributed by atoms with Gasteiger partial charge in [0.05, 0.1) is 17.6 Å². The number of piperidine rings is 1. The van der Waals surface area contributed by atoms with Gasteiger partial charge in [0, 0.05) is 18.2 Å². The quantitative estimate of drug-likeness (QED) is 0.294. The highest BCUT2D eigenvalue weighted by Gasteiger charge is 2.25. The number of hydrogen-bond acceptors (Lipinski definition) is 7. The van der Waals surface area contributed by atoms with E-state index in [1.54, 1.807) is 6.07 Å². The summed E-state index contributed by atoms with van der Waals surface area (Å²) in [6.45, 7) is 5.70. The number of hydrogen-bond donors (Lipinski definition) is 2. The molecule has 0 unspecified atom stereocenters. The number of carbonyl (C=O) groups excluding carboxylic acids is 1. The average molecular weight is 516 g/mol. The Morgan fingerprint density at radius 1 is 1.23 bits per heavy atom. The van der Waals surface area contributed by atoms with Crippen molar-refractivity contribution in [2.75, 3.05) is 26.3 Å². The number of ether oxygens (including phenoxy) is 1. The molecular weight excluding hydrogens is 491 g/mol. The third-order valence-electron chi connectivity index (χ3n) is 5.56. The zero-order chi connectivity index (χ0) is 25.6. The van der Waals surface area contributed by atoms with E-state index in [-0.39, 0.29) is 11.5 Å². The summed E-state index contributed by atoms with van der Waals surface area (Å²) in [6.07, 6.45) is -2.71. The number of alkyl halides is 3. The Hall–Kier alpha value is -2.83. The summed E-state index contributed by atoms with van der Waals surface area (Å²) >= 11 is 6.35. The van der Waals surface area contributed by atoms with Crippen molar-refractivity contribution < 1.29 is 22.7 Å². The van der Waals surface area contributed by atoms with E-state index < -0.39 is 23.7 Å². The van der Waals surface area contributed by atoms with Crippen molar-refractivity contribution in [1.82, 2.24) is 24.8 Å². The van der Waals surface area contributed by atoms with Crippen molar-refractivity contribution in [1.29, 1.82) is 0 Å². The summed E-state index contributed by atoms with van der Waals surface area (Å²) < 4.78 is 39.0. The molecule has 0 bridgehead atoms. The minimum absolute atomic E-state index is 0.121. The standard InChI is InChI=1S/C20H24ClN5O3.C2HF3O/c1-2-13-9-16-15(10-14(13)21)23-17-18(24-20(28)25-19(17)27)26(16)7-8-29-11-12-3-5-22-6-4-12;3-2(4,5)1-6/h9-10,12,22H,2-8,11H2,1H3,(H,25,27,28);1H. The molecule has 0 atom stereocenters. The third kappa shape index (κ3) is 7.09. The van der Waals surface area contributed by atoms with Crippen LogP contribution in [0.1, 0.15) is 25.3 Å². The molecule has 0 saturated carbocycles. The van der Waals surface area contributed by atoms with E-state index in [2.05, 4.69) is 20.3 Å². The van der Waals surface area contributed by atoms with Crippen LogP contribution in [-0.2, 0) is 22.5 Å². The van der Waals surface area contributed by atoms with Crippen LogP contribution in [-0.4, -0.2) is 58.3 Å². The van der Waals surface area contributed by atoms with Gasteiger partial charge in [0.2, 0.25) is 6.29 Å². The Morgan fingerprint density at radius 2 is 1.91 bits per heavy atom. The Labute approximate surface area is 203 Å². The lowest BCUT2D eigenvalue weighted by atomic mass is 9.99. The van der Waals surface area contributed by atoms with Gasteiger partial charge in [-0.05, 0) is 56.0 Å². The number of aldehydes is 1. The molecule has 190 valence electrons. The molecular formula is C22H25ClF3N5O4. The van der Waals surface area contributed by atoms with Crippen molar-refractivity contribution in [2.24, 2.45) is 5.92 Å². The van der Waals surface area contributed by atoms with Crippen LogP contribution in [0.15, 0.2) is 21.7 Å². The number of carbonyl (C=O) groups is 1. The second-order valence-corrected chi connectivity index (χ2v) is 8.43. The van der Waals surface area contributed by atoms with Crippen LogP contribution < -0.4 is 16.6 Å². The first-order valence-electron chi connectivity index (χ1n) is 11.1. The maximum Gasteiger partial charge on any atom is 0.446 e. The van der Waals surface area contributed by atoms with Crippen molar-refractivity contribution in [3.8, 4) is 11.5 Å². The van der Waals surface area contributed by atoms with E-state index in [1.807, 2.05) is 17.6 Å². The molecule has 1 aromatic carbocycles. The number of H-pyrrole nitrogens is 1. The zero-order valence-corrected chi connectivity index (χ0v) is 19.7. The molecule has 1 fully saturated rings. The lowest BCUT2D eigenvalue weighted by molar-refractivity contribution is -0.156. The van der Waals surface area contributed by atoms with Gasteiger partial charge >= 0.3 is 11.9 Å². The number of aromatic nitrogens is 4. The third-order valence-corrected chi connectivity index (χ3v) is 5.91. The number of nitrogens with one attached hydrogen (secondary N) is 2. The zero-order valence-electron chi connectivity index (χ0n) is 19.0.